The van der Waals surface area contributed by atoms with Gasteiger partial charge < -0.3 is 4.57 Å². The number of rotatable bonds is 7. The van der Waals surface area contributed by atoms with Gasteiger partial charge in [-0.2, -0.15) is 0 Å². The standard InChI is InChI=1S/C16H23N3S/c1-4-5-11-20-16-18-17-15(19(16)12-13(2)3)14-9-7-6-8-10-14/h6-10,13H,4-5,11-12H2,1-3H3. The minimum atomic E-state index is 0.582. The molecule has 0 atom stereocenters. The Morgan fingerprint density at radius 1 is 1.15 bits per heavy atom. The number of hydrogen-bond donors (Lipinski definition) is 0. The van der Waals surface area contributed by atoms with Crippen molar-refractivity contribution in [3.05, 3.63) is 30.3 Å². The molecule has 0 unspecified atom stereocenters. The highest BCUT2D eigenvalue weighted by atomic mass is 32.2. The monoisotopic (exact) mass is 289 g/mol. The van der Waals surface area contributed by atoms with Crippen LogP contribution in [0.3, 0.4) is 0 Å². The van der Waals surface area contributed by atoms with Gasteiger partial charge in [-0.1, -0.05) is 69.3 Å². The summed E-state index contributed by atoms with van der Waals surface area (Å²) in [5.74, 6) is 2.68. The van der Waals surface area contributed by atoms with E-state index in [1.807, 2.05) is 30.0 Å². The van der Waals surface area contributed by atoms with E-state index in [0.717, 1.165) is 28.8 Å². The highest BCUT2D eigenvalue weighted by Crippen LogP contribution is 2.25. The van der Waals surface area contributed by atoms with Crippen molar-refractivity contribution in [1.29, 1.82) is 0 Å². The molecule has 0 aliphatic heterocycles. The van der Waals surface area contributed by atoms with Gasteiger partial charge in [0.1, 0.15) is 0 Å². The van der Waals surface area contributed by atoms with Gasteiger partial charge in [0.2, 0.25) is 0 Å². The largest absolute Gasteiger partial charge is 0.302 e. The molecule has 0 saturated carbocycles. The first-order valence-corrected chi connectivity index (χ1v) is 8.32. The van der Waals surface area contributed by atoms with Crippen molar-refractivity contribution in [1.82, 2.24) is 14.8 Å². The van der Waals surface area contributed by atoms with E-state index in [1.54, 1.807) is 0 Å². The van der Waals surface area contributed by atoms with E-state index in [9.17, 15) is 0 Å². The maximum absolute atomic E-state index is 4.41. The normalized spacial score (nSPS) is 11.2. The summed E-state index contributed by atoms with van der Waals surface area (Å²) in [7, 11) is 0. The second kappa shape index (κ2) is 7.48. The smallest absolute Gasteiger partial charge is 0.191 e. The zero-order valence-corrected chi connectivity index (χ0v) is 13.4. The van der Waals surface area contributed by atoms with Crippen LogP contribution in [-0.2, 0) is 6.54 Å². The highest BCUT2D eigenvalue weighted by Gasteiger charge is 2.14. The zero-order valence-electron chi connectivity index (χ0n) is 12.5. The molecule has 0 radical (unpaired) electrons. The third kappa shape index (κ3) is 3.85. The molecule has 0 fully saturated rings. The van der Waals surface area contributed by atoms with Crippen LogP contribution in [-0.4, -0.2) is 20.5 Å². The minimum Gasteiger partial charge on any atom is -0.302 e. The van der Waals surface area contributed by atoms with Crippen molar-refractivity contribution in [3.63, 3.8) is 0 Å². The Balaban J connectivity index is 2.27. The van der Waals surface area contributed by atoms with Gasteiger partial charge in [0.25, 0.3) is 0 Å². The Hall–Kier alpha value is -1.29. The van der Waals surface area contributed by atoms with Crippen LogP contribution in [0.1, 0.15) is 33.6 Å². The Morgan fingerprint density at radius 2 is 1.90 bits per heavy atom. The van der Waals surface area contributed by atoms with E-state index in [-0.39, 0.29) is 0 Å². The second-order valence-electron chi connectivity index (χ2n) is 5.38. The lowest BCUT2D eigenvalue weighted by molar-refractivity contribution is 0.498. The molecule has 0 N–H and O–H groups in total. The minimum absolute atomic E-state index is 0.582. The fourth-order valence-electron chi connectivity index (χ4n) is 2.03. The summed E-state index contributed by atoms with van der Waals surface area (Å²) in [4.78, 5) is 0. The summed E-state index contributed by atoms with van der Waals surface area (Å²) in [5.41, 5.74) is 1.14. The van der Waals surface area contributed by atoms with E-state index >= 15 is 0 Å². The van der Waals surface area contributed by atoms with Crippen LogP contribution in [0.2, 0.25) is 0 Å². The van der Waals surface area contributed by atoms with E-state index in [2.05, 4.69) is 47.7 Å². The van der Waals surface area contributed by atoms with Crippen LogP contribution in [0.25, 0.3) is 11.4 Å². The average molecular weight is 289 g/mol. The molecule has 1 aromatic carbocycles. The molecule has 1 aromatic heterocycles. The Morgan fingerprint density at radius 3 is 2.55 bits per heavy atom. The first-order chi connectivity index (χ1) is 9.72. The summed E-state index contributed by atoms with van der Waals surface area (Å²) in [6.07, 6.45) is 2.44. The number of thioether (sulfide) groups is 1. The van der Waals surface area contributed by atoms with Gasteiger partial charge in [-0.25, -0.2) is 0 Å². The molecule has 3 nitrogen and oxygen atoms in total. The fraction of sp³-hybridized carbons (Fsp3) is 0.500. The Bertz CT molecular complexity index is 520. The third-order valence-electron chi connectivity index (χ3n) is 3.03. The van der Waals surface area contributed by atoms with Crippen molar-refractivity contribution in [3.8, 4) is 11.4 Å². The van der Waals surface area contributed by atoms with Crippen molar-refractivity contribution >= 4 is 11.8 Å². The lowest BCUT2D eigenvalue weighted by Gasteiger charge is -2.12. The molecule has 2 rings (SSSR count). The SMILES string of the molecule is CCCCSc1nnc(-c2ccccc2)n1CC(C)C. The van der Waals surface area contributed by atoms with E-state index in [0.29, 0.717) is 5.92 Å². The third-order valence-corrected chi connectivity index (χ3v) is 4.08. The lowest BCUT2D eigenvalue weighted by atomic mass is 10.2. The predicted octanol–water partition coefficient (Wildman–Crippen LogP) is 4.49. The maximum Gasteiger partial charge on any atom is 0.191 e. The average Bonchev–Trinajstić information content (AvgIpc) is 2.82. The molecule has 0 saturated heterocycles. The molecule has 1 heterocycles. The number of aromatic nitrogens is 3. The van der Waals surface area contributed by atoms with Gasteiger partial charge in [-0.15, -0.1) is 10.2 Å². The zero-order chi connectivity index (χ0) is 14.4. The summed E-state index contributed by atoms with van der Waals surface area (Å²) in [5, 5.41) is 9.85. The highest BCUT2D eigenvalue weighted by molar-refractivity contribution is 7.99. The van der Waals surface area contributed by atoms with Crippen molar-refractivity contribution < 1.29 is 0 Å². The number of hydrogen-bond acceptors (Lipinski definition) is 3. The van der Waals surface area contributed by atoms with Gasteiger partial charge in [-0.3, -0.25) is 0 Å². The lowest BCUT2D eigenvalue weighted by Crippen LogP contribution is -2.08. The van der Waals surface area contributed by atoms with Gasteiger partial charge >= 0.3 is 0 Å². The molecule has 0 bridgehead atoms. The molecule has 0 spiro atoms. The van der Waals surface area contributed by atoms with Crippen LogP contribution in [0, 0.1) is 5.92 Å². The molecule has 4 heteroatoms. The summed E-state index contributed by atoms with van der Waals surface area (Å²) in [6, 6.07) is 10.3. The first kappa shape index (κ1) is 15.1. The van der Waals surface area contributed by atoms with Gasteiger partial charge in [-0.05, 0) is 12.3 Å². The summed E-state index contributed by atoms with van der Waals surface area (Å²) in [6.45, 7) is 7.64. The maximum atomic E-state index is 4.41. The summed E-state index contributed by atoms with van der Waals surface area (Å²) >= 11 is 1.82. The molecule has 108 valence electrons. The van der Waals surface area contributed by atoms with Gasteiger partial charge in [0.15, 0.2) is 11.0 Å². The van der Waals surface area contributed by atoms with Gasteiger partial charge in [0, 0.05) is 17.9 Å². The quantitative estimate of drug-likeness (QED) is 0.555. The molecule has 0 aliphatic carbocycles. The molecule has 0 amide bonds. The predicted molar refractivity (Wildman–Crippen MR) is 85.9 cm³/mol. The molecular weight excluding hydrogens is 266 g/mol. The second-order valence-corrected chi connectivity index (χ2v) is 6.44. The van der Waals surface area contributed by atoms with Crippen molar-refractivity contribution in [2.45, 2.75) is 45.3 Å². The van der Waals surface area contributed by atoms with Crippen LogP contribution < -0.4 is 0 Å². The fourth-order valence-corrected chi connectivity index (χ4v) is 3.06. The van der Waals surface area contributed by atoms with Crippen LogP contribution in [0.5, 0.6) is 0 Å². The molecule has 0 aliphatic rings. The topological polar surface area (TPSA) is 30.7 Å². The Labute approximate surface area is 125 Å². The molecule has 2 aromatic rings. The number of benzene rings is 1. The first-order valence-electron chi connectivity index (χ1n) is 7.33. The van der Waals surface area contributed by atoms with Crippen LogP contribution in [0.15, 0.2) is 35.5 Å². The molecule has 20 heavy (non-hydrogen) atoms. The van der Waals surface area contributed by atoms with Crippen LogP contribution >= 0.6 is 11.8 Å². The number of unbranched alkanes of at least 4 members (excludes halogenated alkanes) is 1. The Kier molecular flexibility index (Phi) is 5.65. The van der Waals surface area contributed by atoms with E-state index < -0.39 is 0 Å². The van der Waals surface area contributed by atoms with E-state index in [4.69, 9.17) is 0 Å². The van der Waals surface area contributed by atoms with Crippen LogP contribution in [0.4, 0.5) is 0 Å². The number of nitrogens with zero attached hydrogens (tertiary/aromatic N) is 3. The van der Waals surface area contributed by atoms with Crippen molar-refractivity contribution in [2.75, 3.05) is 5.75 Å². The summed E-state index contributed by atoms with van der Waals surface area (Å²) < 4.78 is 2.26. The molecular formula is C16H23N3S. The van der Waals surface area contributed by atoms with E-state index in [1.165, 1.54) is 12.8 Å². The van der Waals surface area contributed by atoms with Gasteiger partial charge in [0.05, 0.1) is 0 Å². The van der Waals surface area contributed by atoms with Crippen molar-refractivity contribution in [2.24, 2.45) is 5.92 Å².